The van der Waals surface area contributed by atoms with Gasteiger partial charge in [0.25, 0.3) is 0 Å². The normalized spacial score (nSPS) is 17.6. The van der Waals surface area contributed by atoms with Crippen molar-refractivity contribution < 1.29 is 30.9 Å². The van der Waals surface area contributed by atoms with E-state index in [1.165, 1.54) is 11.1 Å². The van der Waals surface area contributed by atoms with Crippen molar-refractivity contribution in [3.63, 3.8) is 0 Å². The third-order valence-electron chi connectivity index (χ3n) is 3.15. The van der Waals surface area contributed by atoms with E-state index in [9.17, 15) is 0 Å². The van der Waals surface area contributed by atoms with Crippen LogP contribution in [-0.4, -0.2) is 11.7 Å². The molecule has 2 rings (SSSR count). The Labute approximate surface area is 116 Å². The number of rotatable bonds is 5. The van der Waals surface area contributed by atoms with Crippen molar-refractivity contribution in [1.29, 1.82) is 0 Å². The fourth-order valence-corrected chi connectivity index (χ4v) is 2.35. The summed E-state index contributed by atoms with van der Waals surface area (Å²) >= 11 is 0. The molecule has 0 bridgehead atoms. The van der Waals surface area contributed by atoms with Crippen molar-refractivity contribution in [1.82, 2.24) is 0 Å². The summed E-state index contributed by atoms with van der Waals surface area (Å²) in [5.74, 6) is 0.558. The molecule has 0 spiro atoms. The van der Waals surface area contributed by atoms with Gasteiger partial charge in [-0.2, -0.15) is 0 Å². The van der Waals surface area contributed by atoms with Crippen LogP contribution < -0.4 is 0 Å². The molecule has 0 amide bonds. The molecule has 0 aromatic heterocycles. The first-order chi connectivity index (χ1) is 7.42. The quantitative estimate of drug-likeness (QED) is 0.726. The molecular weight excluding hydrogens is 363 g/mol. The van der Waals surface area contributed by atoms with Gasteiger partial charge in [0.2, 0.25) is 0 Å². The number of aliphatic hydroxyl groups is 1. The molecule has 2 aliphatic carbocycles. The minimum Gasteiger partial charge on any atom is -0.396 e. The molecule has 1 nitrogen and oxygen atoms in total. The topological polar surface area (TPSA) is 20.2 Å². The summed E-state index contributed by atoms with van der Waals surface area (Å²) in [5.41, 5.74) is 3.02. The van der Waals surface area contributed by atoms with E-state index in [-0.39, 0.29) is 25.8 Å². The van der Waals surface area contributed by atoms with Crippen molar-refractivity contribution in [2.45, 2.75) is 25.7 Å². The molecule has 0 atom stereocenters. The third-order valence-corrected chi connectivity index (χ3v) is 3.15. The first-order valence-corrected chi connectivity index (χ1v) is 5.74. The van der Waals surface area contributed by atoms with Crippen LogP contribution in [0.1, 0.15) is 25.7 Å². The molecule has 16 heavy (non-hydrogen) atoms. The Bertz CT molecular complexity index is 307. The van der Waals surface area contributed by atoms with Crippen LogP contribution in [0.4, 0.5) is 0 Å². The smallest absolute Gasteiger partial charge is 0.0431 e. The van der Waals surface area contributed by atoms with Gasteiger partial charge in [-0.1, -0.05) is 47.6 Å². The maximum absolute atomic E-state index is 8.93. The minimum absolute atomic E-state index is 0. The van der Waals surface area contributed by atoms with E-state index >= 15 is 0 Å². The Morgan fingerprint density at radius 2 is 1.62 bits per heavy atom. The number of hydrogen-bond donors (Lipinski definition) is 1. The summed E-state index contributed by atoms with van der Waals surface area (Å²) in [6.45, 7) is 0.303. The predicted molar refractivity (Wildman–Crippen MR) is 63.5 cm³/mol. The van der Waals surface area contributed by atoms with Crippen LogP contribution in [0.15, 0.2) is 47.6 Å². The molecule has 2 heteroatoms. The fourth-order valence-electron chi connectivity index (χ4n) is 2.35. The number of allylic oxidation sites excluding steroid dienone is 8. The predicted octanol–water partition coefficient (Wildman–Crippen LogP) is 3.15. The van der Waals surface area contributed by atoms with Crippen LogP contribution in [-0.2, 0) is 25.8 Å². The van der Waals surface area contributed by atoms with Gasteiger partial charge >= 0.3 is 0 Å². The summed E-state index contributed by atoms with van der Waals surface area (Å²) in [6, 6.07) is 0. The van der Waals surface area contributed by atoms with Crippen molar-refractivity contribution in [3.8, 4) is 0 Å². The van der Waals surface area contributed by atoms with Crippen LogP contribution >= 0.6 is 0 Å². The zero-order valence-electron chi connectivity index (χ0n) is 9.52. The van der Waals surface area contributed by atoms with Crippen molar-refractivity contribution in [3.05, 3.63) is 47.6 Å². The average Bonchev–Trinajstić information content (AvgIpc) is 2.90. The van der Waals surface area contributed by atoms with Gasteiger partial charge in [0, 0.05) is 38.4 Å². The van der Waals surface area contributed by atoms with E-state index in [1.54, 1.807) is 0 Å². The zero-order chi connectivity index (χ0) is 10.5. The molecule has 0 radical (unpaired) electrons. The summed E-state index contributed by atoms with van der Waals surface area (Å²) in [6.07, 6.45) is 17.4. The summed E-state index contributed by atoms with van der Waals surface area (Å²) in [5, 5.41) is 8.93. The average molecular weight is 381 g/mol. The molecule has 2 aliphatic rings. The molecule has 0 aromatic rings. The summed E-state index contributed by atoms with van der Waals surface area (Å²) in [4.78, 5) is 0. The van der Waals surface area contributed by atoms with Crippen LogP contribution in [0, 0.1) is 5.92 Å². The first kappa shape index (κ1) is 13.9. The summed E-state index contributed by atoms with van der Waals surface area (Å²) < 4.78 is 0. The first-order valence-electron chi connectivity index (χ1n) is 5.74. The maximum Gasteiger partial charge on any atom is 0.0431 e. The molecule has 0 fully saturated rings. The zero-order valence-corrected chi connectivity index (χ0v) is 13.1. The van der Waals surface area contributed by atoms with Gasteiger partial charge in [0.05, 0.1) is 0 Å². The van der Waals surface area contributed by atoms with Crippen LogP contribution in [0.25, 0.3) is 0 Å². The fraction of sp³-hybridized carbons (Fsp3) is 0.429. The van der Waals surface area contributed by atoms with Crippen molar-refractivity contribution >= 4 is 0 Å². The van der Waals surface area contributed by atoms with Gasteiger partial charge in [-0.3, -0.25) is 0 Å². The molecule has 84 valence electrons. The number of hydrogen-bond acceptors (Lipinski definition) is 1. The molecule has 0 heterocycles. The molecular formula is C14H18HfO. The Hall–Kier alpha value is -0.210. The van der Waals surface area contributed by atoms with Crippen molar-refractivity contribution in [2.75, 3.05) is 6.61 Å². The van der Waals surface area contributed by atoms with Crippen LogP contribution in [0.5, 0.6) is 0 Å². The van der Waals surface area contributed by atoms with E-state index in [1.807, 2.05) is 0 Å². The SMILES string of the molecule is OCCCC(C1=CC=CC1)C1=CC=CC1.[Hf]. The van der Waals surface area contributed by atoms with Gasteiger partial charge < -0.3 is 5.11 Å². The number of aliphatic hydroxyl groups excluding tert-OH is 1. The summed E-state index contributed by atoms with van der Waals surface area (Å²) in [7, 11) is 0. The van der Waals surface area contributed by atoms with E-state index in [0.717, 1.165) is 25.7 Å². The maximum atomic E-state index is 8.93. The second kappa shape index (κ2) is 7.18. The second-order valence-corrected chi connectivity index (χ2v) is 4.17. The Morgan fingerprint density at radius 1 is 1.06 bits per heavy atom. The molecule has 0 aliphatic heterocycles. The monoisotopic (exact) mass is 382 g/mol. The van der Waals surface area contributed by atoms with Crippen LogP contribution in [0.2, 0.25) is 0 Å². The van der Waals surface area contributed by atoms with E-state index in [4.69, 9.17) is 5.11 Å². The van der Waals surface area contributed by atoms with E-state index in [0.29, 0.717) is 12.5 Å². The largest absolute Gasteiger partial charge is 0.396 e. The second-order valence-electron chi connectivity index (χ2n) is 4.17. The molecule has 0 saturated heterocycles. The standard InChI is InChI=1S/C14H18O.Hf/c15-11-5-10-14(12-6-1-2-7-12)13-8-3-4-9-13;/h1-4,6,8,14-15H,5,7,9-11H2;. The Kier molecular flexibility index (Phi) is 6.22. The Morgan fingerprint density at radius 3 is 2.00 bits per heavy atom. The van der Waals surface area contributed by atoms with Gasteiger partial charge in [-0.25, -0.2) is 0 Å². The molecule has 0 unspecified atom stereocenters. The van der Waals surface area contributed by atoms with Gasteiger partial charge in [-0.05, 0) is 25.7 Å². The molecule has 0 aromatic carbocycles. The third kappa shape index (κ3) is 3.39. The van der Waals surface area contributed by atoms with Gasteiger partial charge in [0.1, 0.15) is 0 Å². The minimum atomic E-state index is 0. The van der Waals surface area contributed by atoms with Crippen LogP contribution in [0.3, 0.4) is 0 Å². The molecule has 0 saturated carbocycles. The van der Waals surface area contributed by atoms with Crippen molar-refractivity contribution in [2.24, 2.45) is 5.92 Å². The Balaban J connectivity index is 0.00000128. The van der Waals surface area contributed by atoms with E-state index in [2.05, 4.69) is 36.5 Å². The van der Waals surface area contributed by atoms with Gasteiger partial charge in [0.15, 0.2) is 0 Å². The van der Waals surface area contributed by atoms with E-state index < -0.39 is 0 Å². The van der Waals surface area contributed by atoms with Gasteiger partial charge in [-0.15, -0.1) is 0 Å². The molecule has 1 N–H and O–H groups in total.